The fourth-order valence-corrected chi connectivity index (χ4v) is 7.07. The summed E-state index contributed by atoms with van der Waals surface area (Å²) in [5.41, 5.74) is 14.3. The Kier molecular flexibility index (Phi) is 14.3. The van der Waals surface area contributed by atoms with Crippen molar-refractivity contribution >= 4 is 46.5 Å². The molecule has 59 heavy (non-hydrogen) atoms. The van der Waals surface area contributed by atoms with Crippen LogP contribution in [-0.2, 0) is 29.0 Å². The molecular formula is C42H55F2IN10O4. The number of nitrogens with two attached hydrogens (primary N) is 2. The third-order valence-electron chi connectivity index (χ3n) is 9.93. The highest BCUT2D eigenvalue weighted by molar-refractivity contribution is 14.1. The maximum atomic E-state index is 13.7. The van der Waals surface area contributed by atoms with E-state index in [9.17, 15) is 28.0 Å². The molecule has 2 aromatic carbocycles. The van der Waals surface area contributed by atoms with Gasteiger partial charge in [-0.25, -0.2) is 23.4 Å². The summed E-state index contributed by atoms with van der Waals surface area (Å²) in [6.45, 7) is 13.4. The van der Waals surface area contributed by atoms with Crippen molar-refractivity contribution in [2.24, 2.45) is 16.5 Å². The molecular weight excluding hydrogens is 873 g/mol. The number of halogens is 3. The Morgan fingerprint density at radius 1 is 0.831 bits per heavy atom. The highest BCUT2D eigenvalue weighted by atomic mass is 127. The SMILES string of the molecule is C.CC(C)(C)N=C=O.CC(C)(C)NC(=O)N1Cc2c(C(N)=O)c(-c3cccc(F)c3)nn2C2(CC2)C1.CI.NC(=O)c1c(-c2cccc(F)c2)nn2c1CNCC21CC1. The highest BCUT2D eigenvalue weighted by Gasteiger charge is 2.53. The maximum Gasteiger partial charge on any atom is 0.318 e. The number of carbonyl (C=O) groups excluding carboxylic acids is 4. The van der Waals surface area contributed by atoms with Crippen LogP contribution in [0.15, 0.2) is 53.5 Å². The largest absolute Gasteiger partial charge is 0.365 e. The van der Waals surface area contributed by atoms with Crippen molar-refractivity contribution in [3.05, 3.63) is 82.7 Å². The van der Waals surface area contributed by atoms with Crippen LogP contribution in [0.3, 0.4) is 0 Å². The number of rotatable bonds is 4. The molecule has 2 aromatic heterocycles. The van der Waals surface area contributed by atoms with E-state index in [0.717, 1.165) is 37.9 Å². The molecule has 2 aliphatic carbocycles. The van der Waals surface area contributed by atoms with Gasteiger partial charge in [-0.15, -0.1) is 0 Å². The third kappa shape index (κ3) is 10.6. The fraction of sp³-hybridized carbons (Fsp3) is 0.476. The molecule has 17 heteroatoms. The van der Waals surface area contributed by atoms with Crippen molar-refractivity contribution in [2.45, 2.75) is 110 Å². The van der Waals surface area contributed by atoms with Gasteiger partial charge in [0, 0.05) is 36.3 Å². The number of hydrogen-bond acceptors (Lipinski definition) is 8. The molecule has 0 radical (unpaired) electrons. The first-order valence-corrected chi connectivity index (χ1v) is 21.0. The van der Waals surface area contributed by atoms with E-state index < -0.39 is 17.6 Å². The van der Waals surface area contributed by atoms with Crippen molar-refractivity contribution in [1.29, 1.82) is 0 Å². The number of carbonyl (C=O) groups is 3. The number of fused-ring (bicyclic) bond motifs is 4. The van der Waals surface area contributed by atoms with E-state index in [2.05, 4.69) is 48.4 Å². The van der Waals surface area contributed by atoms with Gasteiger partial charge in [0.05, 0.1) is 45.7 Å². The summed E-state index contributed by atoms with van der Waals surface area (Å²) in [4.78, 5) is 53.6. The molecule has 0 atom stereocenters. The van der Waals surface area contributed by atoms with Gasteiger partial charge in [0.2, 0.25) is 6.08 Å². The van der Waals surface area contributed by atoms with Crippen LogP contribution in [0.1, 0.15) is 107 Å². The Balaban J connectivity index is 0.000000219. The number of aliphatic imine (C=N–C) groups is 1. The summed E-state index contributed by atoms with van der Waals surface area (Å²) in [5, 5.41) is 15.6. The summed E-state index contributed by atoms with van der Waals surface area (Å²) in [6, 6.07) is 11.9. The van der Waals surface area contributed by atoms with Crippen LogP contribution in [0.2, 0.25) is 0 Å². The lowest BCUT2D eigenvalue weighted by Gasteiger charge is -2.36. The zero-order chi connectivity index (χ0) is 42.8. The van der Waals surface area contributed by atoms with Gasteiger partial charge in [-0.2, -0.15) is 10.2 Å². The van der Waals surface area contributed by atoms with Crippen molar-refractivity contribution in [2.75, 3.05) is 18.0 Å². The predicted octanol–water partition coefficient (Wildman–Crippen LogP) is 6.79. The van der Waals surface area contributed by atoms with Gasteiger partial charge in [-0.05, 0) is 96.4 Å². The second-order valence-electron chi connectivity index (χ2n) is 16.9. The quantitative estimate of drug-likeness (QED) is 0.0749. The molecule has 2 aliphatic heterocycles. The number of primary amides is 2. The monoisotopic (exact) mass is 928 g/mol. The van der Waals surface area contributed by atoms with E-state index >= 15 is 0 Å². The molecule has 2 saturated carbocycles. The Bertz CT molecular complexity index is 2240. The number of isocyanates is 1. The van der Waals surface area contributed by atoms with Gasteiger partial charge >= 0.3 is 6.03 Å². The molecule has 318 valence electrons. The van der Waals surface area contributed by atoms with Crippen molar-refractivity contribution < 1.29 is 28.0 Å². The van der Waals surface area contributed by atoms with Crippen LogP contribution in [0, 0.1) is 11.6 Å². The molecule has 0 unspecified atom stereocenters. The highest BCUT2D eigenvalue weighted by Crippen LogP contribution is 2.49. The molecule has 4 aromatic rings. The zero-order valence-corrected chi connectivity index (χ0v) is 36.0. The van der Waals surface area contributed by atoms with Gasteiger partial charge in [0.25, 0.3) is 11.8 Å². The first kappa shape index (κ1) is 46.7. The molecule has 6 N–H and O–H groups in total. The van der Waals surface area contributed by atoms with Crippen LogP contribution < -0.4 is 22.1 Å². The Morgan fingerprint density at radius 2 is 1.31 bits per heavy atom. The lowest BCUT2D eigenvalue weighted by atomic mass is 10.0. The van der Waals surface area contributed by atoms with E-state index in [1.54, 1.807) is 29.2 Å². The van der Waals surface area contributed by atoms with Crippen LogP contribution in [0.4, 0.5) is 13.6 Å². The maximum absolute atomic E-state index is 13.7. The standard InChI is InChI=1S/C20H24FN5O2.C15H15FN4O.C5H9NO.CH3I.CH4/c1-19(2,3)23-18(28)25-10-14-15(17(22)27)16(12-5-4-6-13(21)9-12)24-26(14)20(11-25)7-8-20;16-10-3-1-2-9(6-10)13-12(14(17)21)11-7-18-8-15(4-5-15)20(11)19-13;1-5(2,3)6-4-7;1-2;/h4-6,9H,7-8,10-11H2,1-3H3,(H2,22,27)(H,23,28);1-3,6,18H,4-5,7-8H2,(H2,17,21);1-3H3;1H3;1H4. The second-order valence-corrected chi connectivity index (χ2v) is 16.9. The molecule has 4 heterocycles. The number of hydrogen-bond donors (Lipinski definition) is 4. The summed E-state index contributed by atoms with van der Waals surface area (Å²) in [7, 11) is 0. The predicted molar refractivity (Wildman–Crippen MR) is 232 cm³/mol. The number of nitrogens with one attached hydrogen (secondary N) is 2. The molecule has 14 nitrogen and oxygen atoms in total. The number of amides is 4. The number of aromatic nitrogens is 4. The van der Waals surface area contributed by atoms with Gasteiger partial charge in [0.1, 0.15) is 23.0 Å². The zero-order valence-electron chi connectivity index (χ0n) is 33.9. The van der Waals surface area contributed by atoms with Crippen LogP contribution in [0.5, 0.6) is 0 Å². The van der Waals surface area contributed by atoms with E-state index in [4.69, 9.17) is 11.5 Å². The van der Waals surface area contributed by atoms with Crippen molar-refractivity contribution in [3.63, 3.8) is 0 Å². The molecule has 2 fully saturated rings. The van der Waals surface area contributed by atoms with E-state index in [-0.39, 0.29) is 53.5 Å². The number of benzene rings is 2. The summed E-state index contributed by atoms with van der Waals surface area (Å²) in [5.74, 6) is -1.91. The molecule has 0 saturated heterocycles. The van der Waals surface area contributed by atoms with Gasteiger partial charge < -0.3 is 27.0 Å². The van der Waals surface area contributed by atoms with E-state index in [1.807, 2.05) is 55.8 Å². The normalized spacial score (nSPS) is 16.1. The lowest BCUT2D eigenvalue weighted by Crippen LogP contribution is -2.53. The summed E-state index contributed by atoms with van der Waals surface area (Å²) >= 11 is 2.15. The summed E-state index contributed by atoms with van der Waals surface area (Å²) in [6.07, 6.45) is 5.28. The van der Waals surface area contributed by atoms with Crippen LogP contribution in [0.25, 0.3) is 22.5 Å². The topological polar surface area (TPSA) is 196 Å². The number of urea groups is 1. The average molecular weight is 929 g/mol. The van der Waals surface area contributed by atoms with Gasteiger partial charge in [0.15, 0.2) is 0 Å². The number of alkyl halides is 1. The van der Waals surface area contributed by atoms with E-state index in [0.29, 0.717) is 46.9 Å². The van der Waals surface area contributed by atoms with Crippen molar-refractivity contribution in [1.82, 2.24) is 35.1 Å². The first-order chi connectivity index (χ1) is 27.3. The second kappa shape index (κ2) is 18.1. The molecule has 4 amide bonds. The molecule has 4 aliphatic rings. The lowest BCUT2D eigenvalue weighted by molar-refractivity contribution is 0.0988. The van der Waals surface area contributed by atoms with Crippen LogP contribution in [-0.4, -0.2) is 77.5 Å². The Hall–Kier alpha value is -5.00. The summed E-state index contributed by atoms with van der Waals surface area (Å²) < 4.78 is 31.0. The smallest absolute Gasteiger partial charge is 0.318 e. The van der Waals surface area contributed by atoms with Crippen molar-refractivity contribution in [3.8, 4) is 22.5 Å². The average Bonchev–Trinajstić information content (AvgIpc) is 4.00. The molecule has 8 rings (SSSR count). The van der Waals surface area contributed by atoms with Gasteiger partial charge in [-0.3, -0.25) is 19.0 Å². The minimum Gasteiger partial charge on any atom is -0.365 e. The minimum absolute atomic E-state index is 0. The minimum atomic E-state index is -0.630. The van der Waals surface area contributed by atoms with E-state index in [1.165, 1.54) is 30.3 Å². The van der Waals surface area contributed by atoms with Crippen LogP contribution >= 0.6 is 22.6 Å². The fourth-order valence-electron chi connectivity index (χ4n) is 7.07. The Morgan fingerprint density at radius 3 is 1.69 bits per heavy atom. The van der Waals surface area contributed by atoms with Gasteiger partial charge in [-0.1, -0.05) is 54.3 Å². The molecule has 0 bridgehead atoms. The third-order valence-corrected chi connectivity index (χ3v) is 9.93. The molecule has 2 spiro atoms. The first-order valence-electron chi connectivity index (χ1n) is 18.9. The Labute approximate surface area is 357 Å². The number of nitrogens with zero attached hydrogens (tertiary/aromatic N) is 6.